The highest BCUT2D eigenvalue weighted by Crippen LogP contribution is 2.41. The van der Waals surface area contributed by atoms with E-state index >= 15 is 0 Å². The molecule has 1 aromatic rings. The number of fused-ring (bicyclic) bond motifs is 1. The minimum absolute atomic E-state index is 0.0351. The summed E-state index contributed by atoms with van der Waals surface area (Å²) in [6.07, 6.45) is 0. The summed E-state index contributed by atoms with van der Waals surface area (Å²) >= 11 is 0. The van der Waals surface area contributed by atoms with Gasteiger partial charge in [-0.3, -0.25) is 0 Å². The SMILES string of the molecule is CC(C)NCC1(S(=O)(=O)C(F)(F)F)COc2ccccc2O1. The minimum atomic E-state index is -5.61. The van der Waals surface area contributed by atoms with Crippen LogP contribution in [0, 0.1) is 0 Å². The first-order valence-corrected chi connectivity index (χ1v) is 8.02. The van der Waals surface area contributed by atoms with E-state index in [4.69, 9.17) is 9.47 Å². The van der Waals surface area contributed by atoms with Gasteiger partial charge in [-0.15, -0.1) is 0 Å². The normalized spacial score (nSPS) is 21.9. The molecule has 1 heterocycles. The molecule has 0 saturated carbocycles. The van der Waals surface area contributed by atoms with E-state index in [-0.39, 0.29) is 17.5 Å². The van der Waals surface area contributed by atoms with Crippen LogP contribution in [0.4, 0.5) is 13.2 Å². The fraction of sp³-hybridized carbons (Fsp3) is 0.538. The fourth-order valence-corrected chi connectivity index (χ4v) is 3.07. The third-order valence-corrected chi connectivity index (χ3v) is 5.10. The van der Waals surface area contributed by atoms with Crippen molar-refractivity contribution in [3.63, 3.8) is 0 Å². The molecule has 0 aromatic heterocycles. The Kier molecular flexibility index (Phi) is 4.31. The molecule has 1 atom stereocenters. The molecule has 0 aliphatic carbocycles. The lowest BCUT2D eigenvalue weighted by molar-refractivity contribution is -0.0561. The van der Waals surface area contributed by atoms with Crippen LogP contribution in [-0.4, -0.2) is 38.1 Å². The Hall–Kier alpha value is -1.48. The number of nitrogens with one attached hydrogen (secondary N) is 1. The van der Waals surface area contributed by atoms with Crippen molar-refractivity contribution in [3.05, 3.63) is 24.3 Å². The number of sulfone groups is 1. The van der Waals surface area contributed by atoms with E-state index in [1.165, 1.54) is 18.2 Å². The van der Waals surface area contributed by atoms with Crippen LogP contribution in [0.15, 0.2) is 24.3 Å². The van der Waals surface area contributed by atoms with Gasteiger partial charge in [0.15, 0.2) is 11.5 Å². The molecule has 1 aromatic carbocycles. The molecule has 0 spiro atoms. The summed E-state index contributed by atoms with van der Waals surface area (Å²) in [5, 5.41) is 2.68. The van der Waals surface area contributed by atoms with Crippen molar-refractivity contribution in [1.82, 2.24) is 5.32 Å². The third kappa shape index (κ3) is 2.87. The van der Waals surface area contributed by atoms with Crippen LogP contribution in [0.2, 0.25) is 0 Å². The van der Waals surface area contributed by atoms with Gasteiger partial charge >= 0.3 is 5.51 Å². The van der Waals surface area contributed by atoms with Crippen molar-refractivity contribution >= 4 is 9.84 Å². The minimum Gasteiger partial charge on any atom is -0.484 e. The molecule has 1 unspecified atom stereocenters. The summed E-state index contributed by atoms with van der Waals surface area (Å²) < 4.78 is 73.5. The molecule has 124 valence electrons. The van der Waals surface area contributed by atoms with E-state index in [0.717, 1.165) is 0 Å². The van der Waals surface area contributed by atoms with Crippen molar-refractivity contribution in [1.29, 1.82) is 0 Å². The molecule has 22 heavy (non-hydrogen) atoms. The zero-order valence-electron chi connectivity index (χ0n) is 12.0. The summed E-state index contributed by atoms with van der Waals surface area (Å²) in [6.45, 7) is 2.09. The zero-order chi connectivity index (χ0) is 16.6. The first kappa shape index (κ1) is 16.9. The van der Waals surface area contributed by atoms with Crippen LogP contribution in [0.1, 0.15) is 13.8 Å². The van der Waals surface area contributed by atoms with Gasteiger partial charge in [-0.1, -0.05) is 26.0 Å². The smallest absolute Gasteiger partial charge is 0.484 e. The van der Waals surface area contributed by atoms with Crippen molar-refractivity contribution in [2.24, 2.45) is 0 Å². The highest BCUT2D eigenvalue weighted by atomic mass is 32.2. The van der Waals surface area contributed by atoms with Crippen molar-refractivity contribution in [2.75, 3.05) is 13.2 Å². The number of benzene rings is 1. The Morgan fingerprint density at radius 1 is 1.27 bits per heavy atom. The molecule has 2 rings (SSSR count). The highest BCUT2D eigenvalue weighted by molar-refractivity contribution is 7.93. The molecule has 5 nitrogen and oxygen atoms in total. The van der Waals surface area contributed by atoms with Crippen LogP contribution < -0.4 is 14.8 Å². The van der Waals surface area contributed by atoms with Gasteiger partial charge < -0.3 is 14.8 Å². The van der Waals surface area contributed by atoms with Crippen LogP contribution in [-0.2, 0) is 9.84 Å². The zero-order valence-corrected chi connectivity index (χ0v) is 12.8. The maximum absolute atomic E-state index is 13.0. The lowest BCUT2D eigenvalue weighted by atomic mass is 10.2. The lowest BCUT2D eigenvalue weighted by Crippen LogP contribution is -2.61. The van der Waals surface area contributed by atoms with Gasteiger partial charge in [-0.25, -0.2) is 8.42 Å². The van der Waals surface area contributed by atoms with Crippen molar-refractivity contribution < 1.29 is 31.1 Å². The standard InChI is InChI=1S/C13H16F3NO4S/c1-9(2)17-7-12(22(18,19)13(14,15)16)8-20-10-5-3-4-6-11(10)21-12/h3-6,9,17H,7-8H2,1-2H3. The number of halogens is 3. The number of para-hydroxylation sites is 2. The molecular weight excluding hydrogens is 323 g/mol. The molecule has 9 heteroatoms. The number of rotatable bonds is 4. The molecule has 0 fully saturated rings. The third-order valence-electron chi connectivity index (χ3n) is 3.17. The molecule has 0 radical (unpaired) electrons. The van der Waals surface area contributed by atoms with Gasteiger partial charge in [-0.05, 0) is 12.1 Å². The van der Waals surface area contributed by atoms with Crippen LogP contribution >= 0.6 is 0 Å². The monoisotopic (exact) mass is 339 g/mol. The summed E-state index contributed by atoms with van der Waals surface area (Å²) in [6, 6.07) is 5.77. The number of hydrogen-bond acceptors (Lipinski definition) is 5. The van der Waals surface area contributed by atoms with Gasteiger partial charge in [0, 0.05) is 6.04 Å². The Labute approximate surface area is 126 Å². The van der Waals surface area contributed by atoms with Crippen LogP contribution in [0.5, 0.6) is 11.5 Å². The molecule has 0 amide bonds. The Morgan fingerprint density at radius 2 is 1.86 bits per heavy atom. The van der Waals surface area contributed by atoms with E-state index in [0.29, 0.717) is 0 Å². The van der Waals surface area contributed by atoms with Gasteiger partial charge in [0.25, 0.3) is 14.8 Å². The van der Waals surface area contributed by atoms with E-state index in [1.54, 1.807) is 19.9 Å². The molecule has 1 aliphatic rings. The fourth-order valence-electron chi connectivity index (χ4n) is 1.96. The van der Waals surface area contributed by atoms with Crippen LogP contribution in [0.25, 0.3) is 0 Å². The topological polar surface area (TPSA) is 64.6 Å². The first-order chi connectivity index (χ1) is 10.1. The van der Waals surface area contributed by atoms with E-state index in [1.807, 2.05) is 0 Å². The van der Waals surface area contributed by atoms with Gasteiger partial charge in [-0.2, -0.15) is 13.2 Å². The Balaban J connectivity index is 2.46. The van der Waals surface area contributed by atoms with Crippen LogP contribution in [0.3, 0.4) is 0 Å². The Bertz CT molecular complexity index is 645. The van der Waals surface area contributed by atoms with E-state index in [2.05, 4.69) is 5.32 Å². The first-order valence-electron chi connectivity index (χ1n) is 6.54. The summed E-state index contributed by atoms with van der Waals surface area (Å²) in [5.41, 5.74) is -5.44. The summed E-state index contributed by atoms with van der Waals surface area (Å²) in [7, 11) is -5.61. The predicted octanol–water partition coefficient (Wildman–Crippen LogP) is 2.09. The van der Waals surface area contributed by atoms with Crippen molar-refractivity contribution in [3.8, 4) is 11.5 Å². The number of ether oxygens (including phenoxy) is 2. The average Bonchev–Trinajstić information content (AvgIpc) is 2.43. The quantitative estimate of drug-likeness (QED) is 0.910. The predicted molar refractivity (Wildman–Crippen MR) is 73.4 cm³/mol. The van der Waals surface area contributed by atoms with Crippen molar-refractivity contribution in [2.45, 2.75) is 30.3 Å². The molecule has 0 bridgehead atoms. The lowest BCUT2D eigenvalue weighted by Gasteiger charge is -2.38. The second kappa shape index (κ2) is 5.62. The summed E-state index contributed by atoms with van der Waals surface area (Å²) in [4.78, 5) is -2.55. The average molecular weight is 339 g/mol. The molecule has 1 N–H and O–H groups in total. The largest absolute Gasteiger partial charge is 0.501 e. The summed E-state index contributed by atoms with van der Waals surface area (Å²) in [5.74, 6) is 0.173. The Morgan fingerprint density at radius 3 is 2.41 bits per heavy atom. The highest BCUT2D eigenvalue weighted by Gasteiger charge is 2.63. The second-order valence-corrected chi connectivity index (χ2v) is 7.45. The molecular formula is C13H16F3NO4S. The van der Waals surface area contributed by atoms with Gasteiger partial charge in [0.1, 0.15) is 6.61 Å². The molecule has 0 saturated heterocycles. The van der Waals surface area contributed by atoms with E-state index < -0.39 is 33.4 Å². The second-order valence-electron chi connectivity index (χ2n) is 5.23. The van der Waals surface area contributed by atoms with E-state index in [9.17, 15) is 21.6 Å². The number of alkyl halides is 3. The van der Waals surface area contributed by atoms with Gasteiger partial charge in [0.2, 0.25) is 0 Å². The number of hydrogen-bond donors (Lipinski definition) is 1. The maximum atomic E-state index is 13.0. The molecule has 1 aliphatic heterocycles. The maximum Gasteiger partial charge on any atom is 0.501 e. The van der Waals surface area contributed by atoms with Gasteiger partial charge in [0.05, 0.1) is 6.54 Å².